The fraction of sp³-hybridized carbons (Fsp3) is 0.231. The van der Waals surface area contributed by atoms with E-state index in [2.05, 4.69) is 0 Å². The van der Waals surface area contributed by atoms with Crippen LogP contribution in [0.2, 0.25) is 0 Å². The molecule has 0 aromatic heterocycles. The van der Waals surface area contributed by atoms with Gasteiger partial charge in [0.15, 0.2) is 0 Å². The van der Waals surface area contributed by atoms with E-state index in [1.807, 2.05) is 42.5 Å². The summed E-state index contributed by atoms with van der Waals surface area (Å²) in [4.78, 5) is 0. The maximum atomic E-state index is 9.93. The molecule has 0 radical (unpaired) electrons. The number of hydrogen-bond donors (Lipinski definition) is 1. The molecular formula is C13H13ClO. The van der Waals surface area contributed by atoms with Crippen molar-refractivity contribution >= 4 is 22.4 Å². The molecule has 0 fully saturated rings. The van der Waals surface area contributed by atoms with E-state index in [0.717, 1.165) is 16.3 Å². The molecule has 0 heterocycles. The zero-order valence-corrected chi connectivity index (χ0v) is 9.11. The molecular weight excluding hydrogens is 208 g/mol. The van der Waals surface area contributed by atoms with Gasteiger partial charge in [0, 0.05) is 5.88 Å². The largest absolute Gasteiger partial charge is 0.388 e. The molecule has 0 aliphatic rings. The second-order valence-electron chi connectivity index (χ2n) is 3.56. The smallest absolute Gasteiger partial charge is 0.0807 e. The van der Waals surface area contributed by atoms with E-state index in [1.54, 1.807) is 0 Å². The SMILES string of the molecule is OC(CCCl)c1cccc2ccccc12. The van der Waals surface area contributed by atoms with Crippen molar-refractivity contribution in [3.63, 3.8) is 0 Å². The maximum Gasteiger partial charge on any atom is 0.0807 e. The molecule has 2 rings (SSSR count). The highest BCUT2D eigenvalue weighted by atomic mass is 35.5. The van der Waals surface area contributed by atoms with Crippen LogP contribution in [0.4, 0.5) is 0 Å². The molecule has 2 heteroatoms. The maximum absolute atomic E-state index is 9.93. The fourth-order valence-corrected chi connectivity index (χ4v) is 2.01. The topological polar surface area (TPSA) is 20.2 Å². The van der Waals surface area contributed by atoms with Gasteiger partial charge >= 0.3 is 0 Å². The Labute approximate surface area is 94.3 Å². The second-order valence-corrected chi connectivity index (χ2v) is 3.94. The Morgan fingerprint density at radius 3 is 2.60 bits per heavy atom. The molecule has 0 spiro atoms. The van der Waals surface area contributed by atoms with Crippen molar-refractivity contribution in [2.45, 2.75) is 12.5 Å². The lowest BCUT2D eigenvalue weighted by Gasteiger charge is -2.12. The van der Waals surface area contributed by atoms with Crippen LogP contribution in [0, 0.1) is 0 Å². The summed E-state index contributed by atoms with van der Waals surface area (Å²) in [5.74, 6) is 0.477. The Bertz CT molecular complexity index is 448. The molecule has 1 nitrogen and oxygen atoms in total. The average molecular weight is 221 g/mol. The van der Waals surface area contributed by atoms with Crippen molar-refractivity contribution in [2.75, 3.05) is 5.88 Å². The summed E-state index contributed by atoms with van der Waals surface area (Å²) in [7, 11) is 0. The summed E-state index contributed by atoms with van der Waals surface area (Å²) in [6.45, 7) is 0. The summed E-state index contributed by atoms with van der Waals surface area (Å²) in [6, 6.07) is 14.0. The van der Waals surface area contributed by atoms with E-state index >= 15 is 0 Å². The molecule has 0 aliphatic heterocycles. The molecule has 0 saturated heterocycles. The molecule has 1 N–H and O–H groups in total. The van der Waals surface area contributed by atoms with Crippen molar-refractivity contribution in [3.8, 4) is 0 Å². The first-order valence-corrected chi connectivity index (χ1v) is 5.58. The van der Waals surface area contributed by atoms with Crippen molar-refractivity contribution in [3.05, 3.63) is 48.0 Å². The third kappa shape index (κ3) is 2.14. The summed E-state index contributed by atoms with van der Waals surface area (Å²) >= 11 is 5.64. The number of rotatable bonds is 3. The van der Waals surface area contributed by atoms with E-state index in [0.29, 0.717) is 12.3 Å². The predicted octanol–water partition coefficient (Wildman–Crippen LogP) is 3.50. The monoisotopic (exact) mass is 220 g/mol. The Kier molecular flexibility index (Phi) is 3.24. The number of aliphatic hydroxyl groups excluding tert-OH is 1. The molecule has 2 aromatic rings. The molecule has 15 heavy (non-hydrogen) atoms. The van der Waals surface area contributed by atoms with Gasteiger partial charge in [0.1, 0.15) is 0 Å². The van der Waals surface area contributed by atoms with E-state index in [-0.39, 0.29) is 0 Å². The van der Waals surface area contributed by atoms with Gasteiger partial charge in [-0.05, 0) is 22.8 Å². The van der Waals surface area contributed by atoms with Gasteiger partial charge in [0.25, 0.3) is 0 Å². The molecule has 0 saturated carbocycles. The highest BCUT2D eigenvalue weighted by Gasteiger charge is 2.09. The normalized spacial score (nSPS) is 12.9. The van der Waals surface area contributed by atoms with Crippen LogP contribution in [-0.4, -0.2) is 11.0 Å². The zero-order chi connectivity index (χ0) is 10.7. The van der Waals surface area contributed by atoms with Gasteiger partial charge in [-0.2, -0.15) is 0 Å². The summed E-state index contributed by atoms with van der Waals surface area (Å²) < 4.78 is 0. The molecule has 0 amide bonds. The van der Waals surface area contributed by atoms with Gasteiger partial charge in [0.05, 0.1) is 6.10 Å². The number of aliphatic hydroxyl groups is 1. The first-order valence-electron chi connectivity index (χ1n) is 5.04. The highest BCUT2D eigenvalue weighted by Crippen LogP contribution is 2.26. The quantitative estimate of drug-likeness (QED) is 0.785. The number of fused-ring (bicyclic) bond motifs is 1. The highest BCUT2D eigenvalue weighted by molar-refractivity contribution is 6.17. The Morgan fingerprint density at radius 1 is 1.07 bits per heavy atom. The van der Waals surface area contributed by atoms with Crippen LogP contribution in [0.3, 0.4) is 0 Å². The third-order valence-corrected chi connectivity index (χ3v) is 2.78. The first kappa shape index (κ1) is 10.5. The van der Waals surface area contributed by atoms with Gasteiger partial charge in [0.2, 0.25) is 0 Å². The average Bonchev–Trinajstić information content (AvgIpc) is 2.28. The van der Waals surface area contributed by atoms with E-state index in [1.165, 1.54) is 0 Å². The predicted molar refractivity (Wildman–Crippen MR) is 64.2 cm³/mol. The second kappa shape index (κ2) is 4.65. The van der Waals surface area contributed by atoms with Gasteiger partial charge in [-0.25, -0.2) is 0 Å². The van der Waals surface area contributed by atoms with Crippen molar-refractivity contribution in [1.82, 2.24) is 0 Å². The summed E-state index contributed by atoms with van der Waals surface area (Å²) in [5.41, 5.74) is 0.966. The number of halogens is 1. The van der Waals surface area contributed by atoms with E-state index in [4.69, 9.17) is 11.6 Å². The van der Waals surface area contributed by atoms with Gasteiger partial charge in [-0.15, -0.1) is 11.6 Å². The lowest BCUT2D eigenvalue weighted by atomic mass is 9.99. The van der Waals surface area contributed by atoms with E-state index < -0.39 is 6.10 Å². The van der Waals surface area contributed by atoms with E-state index in [9.17, 15) is 5.11 Å². The minimum absolute atomic E-state index is 0.464. The Balaban J connectivity index is 2.50. The lowest BCUT2D eigenvalue weighted by molar-refractivity contribution is 0.176. The fourth-order valence-electron chi connectivity index (χ4n) is 1.80. The molecule has 0 aliphatic carbocycles. The number of alkyl halides is 1. The lowest BCUT2D eigenvalue weighted by Crippen LogP contribution is -1.98. The van der Waals surface area contributed by atoms with Crippen LogP contribution in [0.1, 0.15) is 18.1 Å². The van der Waals surface area contributed by atoms with Crippen LogP contribution in [0.5, 0.6) is 0 Å². The molecule has 2 aromatic carbocycles. The first-order chi connectivity index (χ1) is 7.33. The standard InChI is InChI=1S/C13H13ClO/c14-9-8-13(15)12-7-3-5-10-4-1-2-6-11(10)12/h1-7,13,15H,8-9H2. The van der Waals surface area contributed by atoms with Crippen LogP contribution < -0.4 is 0 Å². The molecule has 1 atom stereocenters. The van der Waals surface area contributed by atoms with Crippen molar-refractivity contribution in [1.29, 1.82) is 0 Å². The van der Waals surface area contributed by atoms with Crippen LogP contribution in [0.25, 0.3) is 10.8 Å². The molecule has 78 valence electrons. The summed E-state index contributed by atoms with van der Waals surface area (Å²) in [5, 5.41) is 12.2. The Morgan fingerprint density at radius 2 is 1.80 bits per heavy atom. The minimum atomic E-state index is -0.464. The van der Waals surface area contributed by atoms with Crippen molar-refractivity contribution < 1.29 is 5.11 Å². The number of benzene rings is 2. The molecule has 1 unspecified atom stereocenters. The van der Waals surface area contributed by atoms with Gasteiger partial charge < -0.3 is 5.11 Å². The van der Waals surface area contributed by atoms with Crippen LogP contribution in [-0.2, 0) is 0 Å². The molecule has 0 bridgehead atoms. The van der Waals surface area contributed by atoms with Crippen LogP contribution >= 0.6 is 11.6 Å². The number of hydrogen-bond acceptors (Lipinski definition) is 1. The van der Waals surface area contributed by atoms with Crippen molar-refractivity contribution in [2.24, 2.45) is 0 Å². The van der Waals surface area contributed by atoms with Gasteiger partial charge in [-0.1, -0.05) is 42.5 Å². The van der Waals surface area contributed by atoms with Crippen LogP contribution in [0.15, 0.2) is 42.5 Å². The van der Waals surface area contributed by atoms with Gasteiger partial charge in [-0.3, -0.25) is 0 Å². The third-order valence-electron chi connectivity index (χ3n) is 2.56. The minimum Gasteiger partial charge on any atom is -0.388 e. The summed E-state index contributed by atoms with van der Waals surface area (Å²) in [6.07, 6.45) is 0.129. The zero-order valence-electron chi connectivity index (χ0n) is 8.36. The Hall–Kier alpha value is -1.05.